The molecule has 102 valence electrons. The Morgan fingerprint density at radius 3 is 2.61 bits per heavy atom. The van der Waals surface area contributed by atoms with E-state index in [0.29, 0.717) is 32.8 Å². The summed E-state index contributed by atoms with van der Waals surface area (Å²) in [5.74, 6) is -1.00. The molecule has 0 aromatic rings. The zero-order valence-electron chi connectivity index (χ0n) is 10.7. The molecule has 18 heavy (non-hydrogen) atoms. The van der Waals surface area contributed by atoms with Crippen LogP contribution in [-0.4, -0.2) is 72.2 Å². The Kier molecular flexibility index (Phi) is 5.80. The Morgan fingerprint density at radius 2 is 2.11 bits per heavy atom. The van der Waals surface area contributed by atoms with Crippen molar-refractivity contribution in [1.82, 2.24) is 9.80 Å². The number of carbonyl (C=O) groups excluding carboxylic acids is 1. The lowest BCUT2D eigenvalue weighted by atomic mass is 10.2. The summed E-state index contributed by atoms with van der Waals surface area (Å²) in [6.45, 7) is 7.74. The summed E-state index contributed by atoms with van der Waals surface area (Å²) in [5.41, 5.74) is 0. The Balaban J connectivity index is 2.61. The van der Waals surface area contributed by atoms with Gasteiger partial charge in [-0.2, -0.15) is 0 Å². The summed E-state index contributed by atoms with van der Waals surface area (Å²) in [7, 11) is 0. The molecule has 0 aliphatic carbocycles. The second kappa shape index (κ2) is 7.13. The zero-order chi connectivity index (χ0) is 13.5. The van der Waals surface area contributed by atoms with E-state index in [4.69, 9.17) is 9.84 Å². The summed E-state index contributed by atoms with van der Waals surface area (Å²) in [6.07, 6.45) is 1.60. The van der Waals surface area contributed by atoms with Crippen molar-refractivity contribution in [2.24, 2.45) is 0 Å². The Morgan fingerprint density at radius 1 is 1.50 bits per heavy atom. The quantitative estimate of drug-likeness (QED) is 0.667. The summed E-state index contributed by atoms with van der Waals surface area (Å²) in [6, 6.07) is -0.461. The van der Waals surface area contributed by atoms with Crippen LogP contribution in [0, 0.1) is 0 Å². The minimum atomic E-state index is -0.946. The minimum absolute atomic E-state index is 0.0543. The molecule has 0 aromatic heterocycles. The van der Waals surface area contributed by atoms with Gasteiger partial charge in [-0.25, -0.2) is 0 Å². The van der Waals surface area contributed by atoms with Crippen molar-refractivity contribution in [3.05, 3.63) is 12.7 Å². The van der Waals surface area contributed by atoms with Gasteiger partial charge in [-0.05, 0) is 6.92 Å². The van der Waals surface area contributed by atoms with Crippen LogP contribution >= 0.6 is 0 Å². The zero-order valence-corrected chi connectivity index (χ0v) is 10.7. The van der Waals surface area contributed by atoms with Crippen LogP contribution in [0.15, 0.2) is 12.7 Å². The van der Waals surface area contributed by atoms with Crippen molar-refractivity contribution in [2.45, 2.75) is 13.0 Å². The number of ether oxygens (including phenoxy) is 1. The van der Waals surface area contributed by atoms with Crippen LogP contribution in [0.1, 0.15) is 6.92 Å². The van der Waals surface area contributed by atoms with Crippen LogP contribution < -0.4 is 0 Å². The molecule has 0 aromatic carbocycles. The van der Waals surface area contributed by atoms with E-state index in [0.717, 1.165) is 0 Å². The maximum Gasteiger partial charge on any atom is 0.317 e. The van der Waals surface area contributed by atoms with Crippen LogP contribution in [0.5, 0.6) is 0 Å². The molecular weight excluding hydrogens is 236 g/mol. The molecule has 0 bridgehead atoms. The molecule has 1 aliphatic heterocycles. The smallest absolute Gasteiger partial charge is 0.317 e. The van der Waals surface area contributed by atoms with Gasteiger partial charge in [-0.15, -0.1) is 6.58 Å². The maximum atomic E-state index is 12.2. The standard InChI is InChI=1S/C12H20N2O4/c1-3-4-14(9-11(15)16)10(2)12(17)13-5-7-18-8-6-13/h3,10H,1,4-9H2,2H3,(H,15,16). The summed E-state index contributed by atoms with van der Waals surface area (Å²) < 4.78 is 5.18. The van der Waals surface area contributed by atoms with E-state index in [1.54, 1.807) is 22.8 Å². The molecule has 0 radical (unpaired) electrons. The third kappa shape index (κ3) is 4.12. The molecule has 1 fully saturated rings. The van der Waals surface area contributed by atoms with Crippen molar-refractivity contribution in [3.8, 4) is 0 Å². The highest BCUT2D eigenvalue weighted by molar-refractivity contribution is 5.82. The largest absolute Gasteiger partial charge is 0.480 e. The van der Waals surface area contributed by atoms with E-state index < -0.39 is 12.0 Å². The third-order valence-electron chi connectivity index (χ3n) is 2.93. The third-order valence-corrected chi connectivity index (χ3v) is 2.93. The number of hydrogen-bond acceptors (Lipinski definition) is 4. The van der Waals surface area contributed by atoms with Gasteiger partial charge >= 0.3 is 5.97 Å². The van der Waals surface area contributed by atoms with Crippen molar-refractivity contribution < 1.29 is 19.4 Å². The maximum absolute atomic E-state index is 12.2. The van der Waals surface area contributed by atoms with Crippen LogP contribution in [0.25, 0.3) is 0 Å². The van der Waals surface area contributed by atoms with Crippen molar-refractivity contribution in [1.29, 1.82) is 0 Å². The molecule has 1 unspecified atom stereocenters. The highest BCUT2D eigenvalue weighted by Gasteiger charge is 2.27. The van der Waals surface area contributed by atoms with E-state index in [9.17, 15) is 9.59 Å². The lowest BCUT2D eigenvalue weighted by Gasteiger charge is -2.33. The number of hydrogen-bond donors (Lipinski definition) is 1. The van der Waals surface area contributed by atoms with Crippen molar-refractivity contribution >= 4 is 11.9 Å². The number of aliphatic carboxylic acids is 1. The first kappa shape index (κ1) is 14.7. The monoisotopic (exact) mass is 256 g/mol. The summed E-state index contributed by atoms with van der Waals surface area (Å²) in [5, 5.41) is 8.83. The lowest BCUT2D eigenvalue weighted by molar-refractivity contribution is -0.144. The highest BCUT2D eigenvalue weighted by atomic mass is 16.5. The number of nitrogens with zero attached hydrogens (tertiary/aromatic N) is 2. The normalized spacial score (nSPS) is 17.6. The Hall–Kier alpha value is -1.40. The molecule has 0 spiro atoms. The predicted molar refractivity (Wildman–Crippen MR) is 66.3 cm³/mol. The fourth-order valence-corrected chi connectivity index (χ4v) is 1.90. The molecule has 1 amide bonds. The summed E-state index contributed by atoms with van der Waals surface area (Å²) >= 11 is 0. The minimum Gasteiger partial charge on any atom is -0.480 e. The average Bonchev–Trinajstić information content (AvgIpc) is 2.37. The number of carboxylic acid groups (broad SMARTS) is 1. The van der Waals surface area contributed by atoms with E-state index >= 15 is 0 Å². The molecule has 1 atom stereocenters. The lowest BCUT2D eigenvalue weighted by Crippen LogP contribution is -2.51. The fourth-order valence-electron chi connectivity index (χ4n) is 1.90. The average molecular weight is 256 g/mol. The number of amides is 1. The van der Waals surface area contributed by atoms with Gasteiger partial charge in [0.25, 0.3) is 0 Å². The number of rotatable bonds is 6. The molecule has 6 nitrogen and oxygen atoms in total. The molecule has 1 heterocycles. The van der Waals surface area contributed by atoms with E-state index in [2.05, 4.69) is 6.58 Å². The van der Waals surface area contributed by atoms with Crippen LogP contribution in [0.2, 0.25) is 0 Å². The summed E-state index contributed by atoms with van der Waals surface area (Å²) in [4.78, 5) is 26.3. The van der Waals surface area contributed by atoms with Crippen molar-refractivity contribution in [2.75, 3.05) is 39.4 Å². The molecule has 0 saturated carbocycles. The topological polar surface area (TPSA) is 70.1 Å². The van der Waals surface area contributed by atoms with Crippen LogP contribution in [0.3, 0.4) is 0 Å². The SMILES string of the molecule is C=CCN(CC(=O)O)C(C)C(=O)N1CCOCC1. The van der Waals surface area contributed by atoms with E-state index in [1.165, 1.54) is 0 Å². The second-order valence-corrected chi connectivity index (χ2v) is 4.23. The number of morpholine rings is 1. The first-order valence-corrected chi connectivity index (χ1v) is 5.99. The highest BCUT2D eigenvalue weighted by Crippen LogP contribution is 2.06. The molecule has 1 aliphatic rings. The first-order valence-electron chi connectivity index (χ1n) is 5.99. The molecule has 1 N–H and O–H groups in total. The fraction of sp³-hybridized carbons (Fsp3) is 0.667. The van der Waals surface area contributed by atoms with Gasteiger partial charge < -0.3 is 14.7 Å². The van der Waals surface area contributed by atoms with E-state index in [-0.39, 0.29) is 12.5 Å². The first-order chi connectivity index (χ1) is 8.56. The number of carbonyl (C=O) groups is 2. The Labute approximate surface area is 107 Å². The molecule has 1 saturated heterocycles. The van der Waals surface area contributed by atoms with Gasteiger partial charge in [-0.1, -0.05) is 6.08 Å². The second-order valence-electron chi connectivity index (χ2n) is 4.23. The van der Waals surface area contributed by atoms with Gasteiger partial charge in [0.1, 0.15) is 0 Å². The van der Waals surface area contributed by atoms with E-state index in [1.807, 2.05) is 0 Å². The molecular formula is C12H20N2O4. The van der Waals surface area contributed by atoms with Gasteiger partial charge in [0, 0.05) is 19.6 Å². The van der Waals surface area contributed by atoms with Crippen molar-refractivity contribution in [3.63, 3.8) is 0 Å². The van der Waals surface area contributed by atoms with Crippen LogP contribution in [-0.2, 0) is 14.3 Å². The van der Waals surface area contributed by atoms with Gasteiger partial charge in [0.2, 0.25) is 5.91 Å². The Bertz CT molecular complexity index is 313. The van der Waals surface area contributed by atoms with Gasteiger partial charge in [0.05, 0.1) is 25.8 Å². The molecule has 6 heteroatoms. The predicted octanol–water partition coefficient (Wildman–Crippen LogP) is -0.194. The number of carboxylic acids is 1. The van der Waals surface area contributed by atoms with Gasteiger partial charge in [0.15, 0.2) is 0 Å². The van der Waals surface area contributed by atoms with Gasteiger partial charge in [-0.3, -0.25) is 14.5 Å². The molecule has 1 rings (SSSR count). The van der Waals surface area contributed by atoms with Crippen LogP contribution in [0.4, 0.5) is 0 Å².